The van der Waals surface area contributed by atoms with Crippen LogP contribution >= 0.6 is 11.8 Å². The van der Waals surface area contributed by atoms with Gasteiger partial charge in [0.1, 0.15) is 0 Å². The van der Waals surface area contributed by atoms with E-state index in [1.54, 1.807) is 0 Å². The quantitative estimate of drug-likeness (QED) is 0.675. The molecular weight excluding hydrogens is 398 g/mol. The van der Waals surface area contributed by atoms with Crippen molar-refractivity contribution in [3.05, 3.63) is 35.2 Å². The van der Waals surface area contributed by atoms with Crippen LogP contribution in [0.2, 0.25) is 0 Å². The number of hydrogen-bond acceptors (Lipinski definition) is 5. The summed E-state index contributed by atoms with van der Waals surface area (Å²) < 4.78 is 2.01. The average Bonchev–Trinajstić information content (AvgIpc) is 2.97. The van der Waals surface area contributed by atoms with Crippen LogP contribution in [0, 0.1) is 13.8 Å². The first-order chi connectivity index (χ1) is 14.4. The van der Waals surface area contributed by atoms with Gasteiger partial charge in [-0.05, 0) is 51.7 Å². The number of carbonyl (C=O) groups is 2. The normalized spacial score (nSPS) is 15.7. The van der Waals surface area contributed by atoms with Crippen LogP contribution in [0.15, 0.2) is 23.4 Å². The minimum absolute atomic E-state index is 0.0627. The van der Waals surface area contributed by atoms with Gasteiger partial charge in [-0.2, -0.15) is 0 Å². The van der Waals surface area contributed by atoms with Gasteiger partial charge >= 0.3 is 0 Å². The lowest BCUT2D eigenvalue weighted by molar-refractivity contribution is -0.131. The van der Waals surface area contributed by atoms with Gasteiger partial charge in [0, 0.05) is 25.2 Å². The molecule has 1 fully saturated rings. The minimum atomic E-state index is -0.328. The lowest BCUT2D eigenvalue weighted by Gasteiger charge is -2.20. The number of hydrogen-bond donors (Lipinski definition) is 1. The number of para-hydroxylation sites is 1. The number of carbonyl (C=O) groups excluding carboxylic acids is 2. The third-order valence-corrected chi connectivity index (χ3v) is 6.57. The highest BCUT2D eigenvalue weighted by molar-refractivity contribution is 8.00. The molecule has 1 aromatic heterocycles. The Bertz CT molecular complexity index is 891. The van der Waals surface area contributed by atoms with Crippen LogP contribution in [0.5, 0.6) is 0 Å². The summed E-state index contributed by atoms with van der Waals surface area (Å²) in [5, 5.41) is 12.1. The highest BCUT2D eigenvalue weighted by Crippen LogP contribution is 2.26. The van der Waals surface area contributed by atoms with Crippen molar-refractivity contribution < 1.29 is 9.59 Å². The van der Waals surface area contributed by atoms with E-state index in [0.717, 1.165) is 48.4 Å². The van der Waals surface area contributed by atoms with Crippen molar-refractivity contribution >= 4 is 29.3 Å². The SMILES string of the molecule is CCn1c(CN2CCCCCC2=O)nnc1S[C@@H](C)C(=O)Nc1c(C)cccc1C. The highest BCUT2D eigenvalue weighted by atomic mass is 32.2. The van der Waals surface area contributed by atoms with E-state index in [1.807, 2.05) is 55.4 Å². The second-order valence-corrected chi connectivity index (χ2v) is 9.09. The van der Waals surface area contributed by atoms with Crippen LogP contribution in [0.4, 0.5) is 5.69 Å². The topological polar surface area (TPSA) is 80.1 Å². The Morgan fingerprint density at radius 3 is 2.63 bits per heavy atom. The second-order valence-electron chi connectivity index (χ2n) is 7.79. The number of likely N-dealkylation sites (tertiary alicyclic amines) is 1. The van der Waals surface area contributed by atoms with Crippen LogP contribution in [-0.2, 0) is 22.7 Å². The van der Waals surface area contributed by atoms with Crippen molar-refractivity contribution in [2.24, 2.45) is 0 Å². The predicted octanol–water partition coefficient (Wildman–Crippen LogP) is 3.94. The molecular formula is C22H31N5O2S. The van der Waals surface area contributed by atoms with E-state index in [0.29, 0.717) is 24.7 Å². The Kier molecular flexibility index (Phi) is 7.53. The molecule has 1 N–H and O–H groups in total. The molecule has 0 aliphatic carbocycles. The Balaban J connectivity index is 1.68. The molecule has 30 heavy (non-hydrogen) atoms. The van der Waals surface area contributed by atoms with Crippen molar-refractivity contribution in [3.8, 4) is 0 Å². The number of aromatic nitrogens is 3. The molecule has 0 saturated carbocycles. The van der Waals surface area contributed by atoms with E-state index in [-0.39, 0.29) is 17.1 Å². The Labute approximate surface area is 182 Å². The number of thioether (sulfide) groups is 1. The summed E-state index contributed by atoms with van der Waals surface area (Å²) >= 11 is 1.40. The Morgan fingerprint density at radius 1 is 1.20 bits per heavy atom. The predicted molar refractivity (Wildman–Crippen MR) is 119 cm³/mol. The first-order valence-corrected chi connectivity index (χ1v) is 11.5. The number of nitrogens with zero attached hydrogens (tertiary/aromatic N) is 4. The van der Waals surface area contributed by atoms with E-state index < -0.39 is 0 Å². The minimum Gasteiger partial charge on any atom is -0.335 e. The Hall–Kier alpha value is -2.35. The lowest BCUT2D eigenvalue weighted by Crippen LogP contribution is -2.31. The van der Waals surface area contributed by atoms with Crippen molar-refractivity contribution in [2.45, 2.75) is 76.9 Å². The molecule has 162 valence electrons. The van der Waals surface area contributed by atoms with Crippen molar-refractivity contribution in [3.63, 3.8) is 0 Å². The zero-order valence-electron chi connectivity index (χ0n) is 18.3. The van der Waals surface area contributed by atoms with Crippen LogP contribution in [0.1, 0.15) is 56.5 Å². The van der Waals surface area contributed by atoms with Gasteiger partial charge in [0.25, 0.3) is 0 Å². The third-order valence-electron chi connectivity index (χ3n) is 5.49. The first kappa shape index (κ1) is 22.3. The van der Waals surface area contributed by atoms with E-state index >= 15 is 0 Å². The number of benzene rings is 1. The molecule has 1 aromatic carbocycles. The smallest absolute Gasteiger partial charge is 0.237 e. The van der Waals surface area contributed by atoms with Gasteiger partial charge in [-0.3, -0.25) is 9.59 Å². The maximum atomic E-state index is 12.8. The van der Waals surface area contributed by atoms with Crippen molar-refractivity contribution in [1.29, 1.82) is 0 Å². The molecule has 8 heteroatoms. The van der Waals surface area contributed by atoms with Gasteiger partial charge in [0.05, 0.1) is 11.8 Å². The van der Waals surface area contributed by atoms with Crippen molar-refractivity contribution in [2.75, 3.05) is 11.9 Å². The van der Waals surface area contributed by atoms with Crippen molar-refractivity contribution in [1.82, 2.24) is 19.7 Å². The Morgan fingerprint density at radius 2 is 1.93 bits per heavy atom. The van der Waals surface area contributed by atoms with E-state index in [9.17, 15) is 9.59 Å². The molecule has 1 aliphatic heterocycles. The molecule has 0 unspecified atom stereocenters. The average molecular weight is 430 g/mol. The van der Waals surface area contributed by atoms with Crippen LogP contribution < -0.4 is 5.32 Å². The molecule has 1 atom stereocenters. The number of aryl methyl sites for hydroxylation is 2. The van der Waals surface area contributed by atoms with Crippen LogP contribution in [0.3, 0.4) is 0 Å². The van der Waals surface area contributed by atoms with Gasteiger partial charge in [-0.25, -0.2) is 0 Å². The van der Waals surface area contributed by atoms with E-state index in [2.05, 4.69) is 15.5 Å². The molecule has 3 rings (SSSR count). The number of rotatable bonds is 7. The molecule has 0 spiro atoms. The molecule has 2 aromatic rings. The third kappa shape index (κ3) is 5.22. The molecule has 7 nitrogen and oxygen atoms in total. The summed E-state index contributed by atoms with van der Waals surface area (Å²) in [7, 11) is 0. The highest BCUT2D eigenvalue weighted by Gasteiger charge is 2.23. The maximum Gasteiger partial charge on any atom is 0.237 e. The monoisotopic (exact) mass is 429 g/mol. The lowest BCUT2D eigenvalue weighted by atomic mass is 10.1. The summed E-state index contributed by atoms with van der Waals surface area (Å²) in [6.07, 6.45) is 3.70. The summed E-state index contributed by atoms with van der Waals surface area (Å²) in [5.41, 5.74) is 2.95. The van der Waals surface area contributed by atoms with E-state index in [1.165, 1.54) is 11.8 Å². The molecule has 1 aliphatic rings. The summed E-state index contributed by atoms with van der Waals surface area (Å²) in [4.78, 5) is 27.0. The van der Waals surface area contributed by atoms with E-state index in [4.69, 9.17) is 0 Å². The fourth-order valence-corrected chi connectivity index (χ4v) is 4.60. The summed E-state index contributed by atoms with van der Waals surface area (Å²) in [5.74, 6) is 0.901. The maximum absolute atomic E-state index is 12.8. The fraction of sp³-hybridized carbons (Fsp3) is 0.545. The van der Waals surface area contributed by atoms with Gasteiger partial charge in [-0.1, -0.05) is 36.4 Å². The summed E-state index contributed by atoms with van der Waals surface area (Å²) in [6.45, 7) is 9.82. The zero-order valence-corrected chi connectivity index (χ0v) is 19.1. The van der Waals surface area contributed by atoms with Gasteiger partial charge < -0.3 is 14.8 Å². The molecule has 0 radical (unpaired) electrons. The largest absolute Gasteiger partial charge is 0.335 e. The van der Waals surface area contributed by atoms with Crippen LogP contribution in [0.25, 0.3) is 0 Å². The number of nitrogens with one attached hydrogen (secondary N) is 1. The van der Waals surface area contributed by atoms with Crippen LogP contribution in [-0.4, -0.2) is 43.3 Å². The number of anilines is 1. The molecule has 2 heterocycles. The standard InChI is InChI=1S/C22H31N5O2S/c1-5-27-18(14-26-13-8-6-7-12-19(26)28)24-25-22(27)30-17(4)21(29)23-20-15(2)10-9-11-16(20)3/h9-11,17H,5-8,12-14H2,1-4H3,(H,23,29)/t17-/m0/s1. The molecule has 2 amide bonds. The summed E-state index contributed by atoms with van der Waals surface area (Å²) in [6, 6.07) is 5.97. The fourth-order valence-electron chi connectivity index (χ4n) is 3.67. The van der Waals surface area contributed by atoms with Gasteiger partial charge in [0.2, 0.25) is 11.8 Å². The first-order valence-electron chi connectivity index (χ1n) is 10.6. The van der Waals surface area contributed by atoms with Gasteiger partial charge in [-0.15, -0.1) is 10.2 Å². The second kappa shape index (κ2) is 10.1. The molecule has 0 bridgehead atoms. The zero-order chi connectivity index (χ0) is 21.7. The van der Waals surface area contributed by atoms with Gasteiger partial charge in [0.15, 0.2) is 11.0 Å². The number of amides is 2. The molecule has 1 saturated heterocycles.